The molecule has 2 aliphatic rings. The average molecular weight is 262 g/mol. The van der Waals surface area contributed by atoms with E-state index in [1.165, 1.54) is 5.56 Å². The van der Waals surface area contributed by atoms with Crippen molar-refractivity contribution in [1.82, 2.24) is 4.90 Å². The van der Waals surface area contributed by atoms with Crippen LogP contribution in [0.1, 0.15) is 53.2 Å². The lowest BCUT2D eigenvalue weighted by Crippen LogP contribution is -2.52. The van der Waals surface area contributed by atoms with Gasteiger partial charge in [-0.2, -0.15) is 0 Å². The van der Waals surface area contributed by atoms with Gasteiger partial charge in [0.05, 0.1) is 0 Å². The molecule has 2 fully saturated rings. The summed E-state index contributed by atoms with van der Waals surface area (Å²) < 4.78 is 16.3. The number of hydrogen-bond donors (Lipinski definition) is 1. The highest BCUT2D eigenvalue weighted by molar-refractivity contribution is 5.25. The van der Waals surface area contributed by atoms with E-state index in [1.54, 1.807) is 0 Å². The first-order chi connectivity index (χ1) is 10.1. The molecule has 1 saturated heterocycles. The van der Waals surface area contributed by atoms with Gasteiger partial charge >= 0.3 is 0 Å². The zero-order valence-corrected chi connectivity index (χ0v) is 11.6. The summed E-state index contributed by atoms with van der Waals surface area (Å²) in [4.78, 5) is 2.55. The molecule has 1 aromatic carbocycles. The summed E-state index contributed by atoms with van der Waals surface area (Å²) in [5, 5.41) is 0. The largest absolute Gasteiger partial charge is 0.328 e. The molecule has 3 unspecified atom stereocenters. The van der Waals surface area contributed by atoms with Gasteiger partial charge in [-0.25, -0.2) is 0 Å². The van der Waals surface area contributed by atoms with Crippen LogP contribution in [0.25, 0.3) is 0 Å². The van der Waals surface area contributed by atoms with Crippen LogP contribution < -0.4 is 5.73 Å². The van der Waals surface area contributed by atoms with Crippen LogP contribution in [0.3, 0.4) is 0 Å². The van der Waals surface area contributed by atoms with Crippen LogP contribution in [-0.2, 0) is 5.54 Å². The van der Waals surface area contributed by atoms with Crippen LogP contribution in [0.2, 0.25) is 0 Å². The van der Waals surface area contributed by atoms with E-state index in [1.807, 2.05) is 0 Å². The van der Waals surface area contributed by atoms with Gasteiger partial charge in [0.15, 0.2) is 0 Å². The van der Waals surface area contributed by atoms with Crippen molar-refractivity contribution in [2.24, 2.45) is 5.73 Å². The third-order valence-electron chi connectivity index (χ3n) is 4.80. The lowest BCUT2D eigenvalue weighted by molar-refractivity contribution is 0.0261. The molecule has 19 heavy (non-hydrogen) atoms. The molecule has 2 N–H and O–H groups in total. The molecule has 2 nitrogen and oxygen atoms in total. The molecule has 3 atom stereocenters. The minimum atomic E-state index is -0.283. The van der Waals surface area contributed by atoms with Gasteiger partial charge in [-0.15, -0.1) is 0 Å². The summed E-state index contributed by atoms with van der Waals surface area (Å²) in [5.41, 5.74) is 7.34. The Morgan fingerprint density at radius 3 is 2.53 bits per heavy atom. The summed E-state index contributed by atoms with van der Waals surface area (Å²) in [5.74, 6) is 0. The van der Waals surface area contributed by atoms with E-state index in [0.29, 0.717) is 6.04 Å². The van der Waals surface area contributed by atoms with Gasteiger partial charge in [0.25, 0.3) is 0 Å². The minimum Gasteiger partial charge on any atom is -0.328 e. The Labute approximate surface area is 119 Å². The number of nitrogens with two attached hydrogens (primary N) is 1. The quantitative estimate of drug-likeness (QED) is 0.886. The maximum atomic E-state index is 8.30. The smallest absolute Gasteiger partial charge is 0.0460 e. The molecular formula is C17H26N2. The fourth-order valence-corrected chi connectivity index (χ4v) is 3.63. The van der Waals surface area contributed by atoms with Crippen LogP contribution in [0, 0.1) is 0 Å². The zero-order valence-electron chi connectivity index (χ0n) is 13.6. The Balaban J connectivity index is 1.91. The number of nitrogens with zero attached hydrogens (tertiary/aromatic N) is 1. The van der Waals surface area contributed by atoms with E-state index in [9.17, 15) is 0 Å². The topological polar surface area (TPSA) is 29.3 Å². The maximum Gasteiger partial charge on any atom is 0.0460 e. The maximum absolute atomic E-state index is 8.30. The van der Waals surface area contributed by atoms with Crippen molar-refractivity contribution in [3.8, 4) is 0 Å². The predicted octanol–water partition coefficient (Wildman–Crippen LogP) is 3.27. The van der Waals surface area contributed by atoms with Crippen molar-refractivity contribution >= 4 is 0 Å². The Morgan fingerprint density at radius 2 is 1.84 bits per heavy atom. The summed E-state index contributed by atoms with van der Waals surface area (Å²) in [7, 11) is 0. The highest BCUT2D eigenvalue weighted by atomic mass is 15.2. The zero-order chi connectivity index (χ0) is 14.9. The molecule has 1 aliphatic carbocycles. The van der Waals surface area contributed by atoms with Crippen molar-refractivity contribution in [2.45, 2.75) is 56.5 Å². The molecule has 1 saturated carbocycles. The summed E-state index contributed by atoms with van der Waals surface area (Å²) >= 11 is 0. The van der Waals surface area contributed by atoms with Crippen molar-refractivity contribution in [2.75, 3.05) is 13.1 Å². The van der Waals surface area contributed by atoms with Crippen LogP contribution in [0.4, 0.5) is 0 Å². The van der Waals surface area contributed by atoms with Gasteiger partial charge in [-0.05, 0) is 31.2 Å². The lowest BCUT2D eigenvalue weighted by atomic mass is 9.74. The normalized spacial score (nSPS) is 39.6. The number of hydrogen-bond acceptors (Lipinski definition) is 2. The van der Waals surface area contributed by atoms with Crippen molar-refractivity contribution in [1.29, 1.82) is 0 Å². The van der Waals surface area contributed by atoms with Crippen LogP contribution in [0.15, 0.2) is 30.3 Å². The van der Waals surface area contributed by atoms with E-state index >= 15 is 0 Å². The molecule has 1 aliphatic heterocycles. The second-order valence-electron chi connectivity index (χ2n) is 5.94. The lowest BCUT2D eigenvalue weighted by Gasteiger charge is -2.49. The number of piperidine rings is 1. The highest BCUT2D eigenvalue weighted by Gasteiger charge is 2.40. The second-order valence-corrected chi connectivity index (χ2v) is 5.94. The number of rotatable bonds is 2. The SMILES string of the molecule is [3H]C1CCC(c2ccccc2)(N2CCC(N)CC2)CC1[3H]. The standard InChI is InChI=1S/C17H26N2/c18-16-9-13-19(14-10-16)17(11-5-2-6-12-17)15-7-3-1-4-8-15/h1,3-4,7-8,16H,2,5-6,9-14,18H2/i2T,5T. The van der Waals surface area contributed by atoms with Gasteiger partial charge in [0, 0.05) is 27.4 Å². The molecule has 1 aromatic rings. The first-order valence-electron chi connectivity index (χ1n) is 8.68. The second kappa shape index (κ2) is 5.64. The molecule has 3 rings (SSSR count). The van der Waals surface area contributed by atoms with E-state index in [-0.39, 0.29) is 18.3 Å². The fraction of sp³-hybridized carbons (Fsp3) is 0.647. The molecule has 0 radical (unpaired) electrons. The van der Waals surface area contributed by atoms with E-state index in [4.69, 9.17) is 8.48 Å². The highest BCUT2D eigenvalue weighted by Crippen LogP contribution is 2.43. The van der Waals surface area contributed by atoms with Gasteiger partial charge in [-0.3, -0.25) is 4.90 Å². The Bertz CT molecular complexity index is 459. The van der Waals surface area contributed by atoms with Crippen LogP contribution in [0.5, 0.6) is 0 Å². The predicted molar refractivity (Wildman–Crippen MR) is 80.0 cm³/mol. The molecule has 1 heterocycles. The fourth-order valence-electron chi connectivity index (χ4n) is 3.63. The van der Waals surface area contributed by atoms with E-state index in [2.05, 4.69) is 35.2 Å². The van der Waals surface area contributed by atoms with Crippen molar-refractivity contribution in [3.63, 3.8) is 0 Å². The van der Waals surface area contributed by atoms with Crippen LogP contribution in [-0.4, -0.2) is 24.0 Å². The summed E-state index contributed by atoms with van der Waals surface area (Å²) in [6, 6.07) is 11.0. The third kappa shape index (κ3) is 2.56. The van der Waals surface area contributed by atoms with Gasteiger partial charge in [0.2, 0.25) is 0 Å². The van der Waals surface area contributed by atoms with Gasteiger partial charge < -0.3 is 5.73 Å². The number of benzene rings is 1. The Kier molecular flexibility index (Phi) is 3.23. The molecule has 0 amide bonds. The molecule has 0 aromatic heterocycles. The first-order valence-corrected chi connectivity index (χ1v) is 7.52. The molecule has 0 bridgehead atoms. The Hall–Kier alpha value is -0.860. The number of likely N-dealkylation sites (tertiary alicyclic amines) is 1. The molecule has 2 heteroatoms. The molecular weight excluding hydrogens is 232 g/mol. The Morgan fingerprint density at radius 1 is 1.11 bits per heavy atom. The van der Waals surface area contributed by atoms with E-state index in [0.717, 1.165) is 45.2 Å². The summed E-state index contributed by atoms with van der Waals surface area (Å²) in [6.45, 7) is 2.04. The van der Waals surface area contributed by atoms with Crippen molar-refractivity contribution in [3.05, 3.63) is 35.9 Å². The van der Waals surface area contributed by atoms with Crippen LogP contribution >= 0.6 is 0 Å². The van der Waals surface area contributed by atoms with Gasteiger partial charge in [0.1, 0.15) is 0 Å². The van der Waals surface area contributed by atoms with E-state index < -0.39 is 0 Å². The molecule has 104 valence electrons. The average Bonchev–Trinajstić information content (AvgIpc) is 2.52. The van der Waals surface area contributed by atoms with Crippen molar-refractivity contribution < 1.29 is 2.74 Å². The van der Waals surface area contributed by atoms with Gasteiger partial charge in [-0.1, -0.05) is 49.5 Å². The summed E-state index contributed by atoms with van der Waals surface area (Å²) in [6.07, 6.45) is 4.17. The molecule has 0 spiro atoms. The monoisotopic (exact) mass is 262 g/mol. The first kappa shape index (κ1) is 10.9. The minimum absolute atomic E-state index is 0.0502. The third-order valence-corrected chi connectivity index (χ3v) is 4.80.